The first-order valence-electron chi connectivity index (χ1n) is 6.30. The van der Waals surface area contributed by atoms with Gasteiger partial charge in [-0.1, -0.05) is 11.3 Å². The number of hydrogen-bond acceptors (Lipinski definition) is 3. The molecule has 1 amide bonds. The summed E-state index contributed by atoms with van der Waals surface area (Å²) in [6.45, 7) is 1.87. The predicted octanol–water partition coefficient (Wildman–Crippen LogP) is 2.16. The Morgan fingerprint density at radius 2 is 2.10 bits per heavy atom. The Hall–Kier alpha value is -2.28. The fourth-order valence-corrected chi connectivity index (χ4v) is 3.07. The van der Waals surface area contributed by atoms with E-state index in [0.717, 1.165) is 15.9 Å². The molecule has 2 aromatic heterocycles. The summed E-state index contributed by atoms with van der Waals surface area (Å²) in [5.41, 5.74) is 2.03. The Morgan fingerprint density at radius 1 is 1.33 bits per heavy atom. The van der Waals surface area contributed by atoms with Crippen LogP contribution in [0.25, 0.3) is 10.2 Å². The Balaban J connectivity index is 2.11. The number of amides is 1. The van der Waals surface area contributed by atoms with Crippen molar-refractivity contribution in [3.05, 3.63) is 46.3 Å². The van der Waals surface area contributed by atoms with Crippen LogP contribution in [0.3, 0.4) is 0 Å². The molecule has 0 N–H and O–H groups in total. The minimum atomic E-state index is -0.402. The maximum atomic E-state index is 13.2. The summed E-state index contributed by atoms with van der Waals surface area (Å²) in [6, 6.07) is 6.20. The van der Waals surface area contributed by atoms with Crippen molar-refractivity contribution < 1.29 is 9.18 Å². The van der Waals surface area contributed by atoms with Gasteiger partial charge in [-0.25, -0.2) is 4.39 Å². The fraction of sp³-hybridized carbons (Fsp3) is 0.214. The molecule has 0 aliphatic carbocycles. The molecule has 108 valence electrons. The summed E-state index contributed by atoms with van der Waals surface area (Å²) in [5.74, 6) is -0.705. The van der Waals surface area contributed by atoms with Crippen molar-refractivity contribution in [2.75, 3.05) is 0 Å². The number of halogens is 1. The Kier molecular flexibility index (Phi) is 3.21. The second kappa shape index (κ2) is 4.92. The fourth-order valence-electron chi connectivity index (χ4n) is 2.02. The molecule has 0 fully saturated rings. The van der Waals surface area contributed by atoms with Gasteiger partial charge in [0.25, 0.3) is 5.91 Å². The molecule has 0 aliphatic rings. The van der Waals surface area contributed by atoms with E-state index in [1.807, 2.05) is 6.92 Å². The van der Waals surface area contributed by atoms with Crippen molar-refractivity contribution in [3.63, 3.8) is 0 Å². The molecule has 1 aromatic carbocycles. The van der Waals surface area contributed by atoms with Crippen molar-refractivity contribution in [1.82, 2.24) is 14.3 Å². The van der Waals surface area contributed by atoms with Crippen LogP contribution in [-0.2, 0) is 14.1 Å². The number of benzene rings is 1. The molecule has 0 saturated heterocycles. The first-order valence-corrected chi connectivity index (χ1v) is 7.12. The standard InChI is InChI=1S/C14H13FN4OS/c1-8-6-10(17-19(8)3)13(20)16-14-18(2)11-5-4-9(15)7-12(11)21-14/h4-7H,1-3H3. The van der Waals surface area contributed by atoms with E-state index < -0.39 is 5.91 Å². The van der Waals surface area contributed by atoms with Crippen LogP contribution in [0.2, 0.25) is 0 Å². The first kappa shape index (κ1) is 13.7. The van der Waals surface area contributed by atoms with Crippen molar-refractivity contribution in [1.29, 1.82) is 0 Å². The van der Waals surface area contributed by atoms with Crippen molar-refractivity contribution in [2.45, 2.75) is 6.92 Å². The molecule has 3 rings (SSSR count). The Labute approximate surface area is 124 Å². The Morgan fingerprint density at radius 3 is 2.76 bits per heavy atom. The average Bonchev–Trinajstić information content (AvgIpc) is 2.91. The SMILES string of the molecule is Cc1cc(C(=O)N=c2sc3cc(F)ccc3n2C)nn1C. The van der Waals surface area contributed by atoms with Crippen LogP contribution in [0, 0.1) is 12.7 Å². The maximum absolute atomic E-state index is 13.2. The number of carbonyl (C=O) groups is 1. The lowest BCUT2D eigenvalue weighted by Gasteiger charge is -1.94. The number of thiazole rings is 1. The van der Waals surface area contributed by atoms with E-state index in [0.29, 0.717) is 10.5 Å². The quantitative estimate of drug-likeness (QED) is 0.692. The van der Waals surface area contributed by atoms with E-state index in [1.54, 1.807) is 35.5 Å². The largest absolute Gasteiger partial charge is 0.319 e. The molecule has 0 aliphatic heterocycles. The zero-order valence-electron chi connectivity index (χ0n) is 11.8. The maximum Gasteiger partial charge on any atom is 0.300 e. The second-order valence-corrected chi connectivity index (χ2v) is 5.78. The molecule has 0 bridgehead atoms. The van der Waals surface area contributed by atoms with Gasteiger partial charge in [0.2, 0.25) is 0 Å². The van der Waals surface area contributed by atoms with Crippen molar-refractivity contribution in [3.8, 4) is 0 Å². The highest BCUT2D eigenvalue weighted by Gasteiger charge is 2.11. The molecule has 0 radical (unpaired) electrons. The third-order valence-corrected chi connectivity index (χ3v) is 4.40. The molecular formula is C14H13FN4OS. The second-order valence-electron chi connectivity index (χ2n) is 4.77. The van der Waals surface area contributed by atoms with Crippen LogP contribution in [0.1, 0.15) is 16.2 Å². The zero-order valence-corrected chi connectivity index (χ0v) is 12.6. The van der Waals surface area contributed by atoms with Gasteiger partial charge < -0.3 is 4.57 Å². The van der Waals surface area contributed by atoms with Gasteiger partial charge in [-0.2, -0.15) is 10.1 Å². The number of aryl methyl sites for hydroxylation is 3. The molecule has 5 nitrogen and oxygen atoms in total. The van der Waals surface area contributed by atoms with Gasteiger partial charge in [0.15, 0.2) is 10.5 Å². The summed E-state index contributed by atoms with van der Waals surface area (Å²) in [5, 5.41) is 4.11. The van der Waals surface area contributed by atoms with Crippen LogP contribution in [0.15, 0.2) is 29.3 Å². The van der Waals surface area contributed by atoms with E-state index in [2.05, 4.69) is 10.1 Å². The van der Waals surface area contributed by atoms with Crippen LogP contribution in [0.4, 0.5) is 4.39 Å². The highest BCUT2D eigenvalue weighted by Crippen LogP contribution is 2.17. The molecule has 7 heteroatoms. The summed E-state index contributed by atoms with van der Waals surface area (Å²) in [6.07, 6.45) is 0. The monoisotopic (exact) mass is 304 g/mol. The predicted molar refractivity (Wildman–Crippen MR) is 78.6 cm³/mol. The molecule has 21 heavy (non-hydrogen) atoms. The molecule has 0 atom stereocenters. The minimum absolute atomic E-state index is 0.303. The zero-order chi connectivity index (χ0) is 15.1. The molecule has 0 unspecified atom stereocenters. The van der Waals surface area contributed by atoms with E-state index >= 15 is 0 Å². The van der Waals surface area contributed by atoms with Gasteiger partial charge in [-0.05, 0) is 31.2 Å². The number of nitrogens with zero attached hydrogens (tertiary/aromatic N) is 4. The lowest BCUT2D eigenvalue weighted by molar-refractivity contribution is 0.0992. The van der Waals surface area contributed by atoms with E-state index in [9.17, 15) is 9.18 Å². The van der Waals surface area contributed by atoms with E-state index in [-0.39, 0.29) is 5.82 Å². The smallest absolute Gasteiger partial charge is 0.300 e. The molecule has 3 aromatic rings. The number of aromatic nitrogens is 3. The summed E-state index contributed by atoms with van der Waals surface area (Å²) in [4.78, 5) is 16.8. The highest BCUT2D eigenvalue weighted by molar-refractivity contribution is 7.16. The topological polar surface area (TPSA) is 52.2 Å². The third kappa shape index (κ3) is 2.40. The summed E-state index contributed by atoms with van der Waals surface area (Å²) in [7, 11) is 3.57. The lowest BCUT2D eigenvalue weighted by atomic mass is 10.3. The van der Waals surface area contributed by atoms with E-state index in [1.165, 1.54) is 23.5 Å². The van der Waals surface area contributed by atoms with Gasteiger partial charge in [-0.3, -0.25) is 9.48 Å². The first-order chi connectivity index (χ1) is 9.95. The number of hydrogen-bond donors (Lipinski definition) is 0. The molecule has 0 spiro atoms. The molecular weight excluding hydrogens is 291 g/mol. The van der Waals surface area contributed by atoms with Gasteiger partial charge in [-0.15, -0.1) is 0 Å². The van der Waals surface area contributed by atoms with Crippen molar-refractivity contribution in [2.24, 2.45) is 19.1 Å². The number of fused-ring (bicyclic) bond motifs is 1. The number of carbonyl (C=O) groups excluding carboxylic acids is 1. The molecule has 0 saturated carbocycles. The summed E-state index contributed by atoms with van der Waals surface area (Å²) < 4.78 is 17.4. The minimum Gasteiger partial charge on any atom is -0.319 e. The van der Waals surface area contributed by atoms with E-state index in [4.69, 9.17) is 0 Å². The Bertz CT molecular complexity index is 899. The normalized spacial score (nSPS) is 12.3. The lowest BCUT2D eigenvalue weighted by Crippen LogP contribution is -2.13. The van der Waals surface area contributed by atoms with Gasteiger partial charge in [0, 0.05) is 19.8 Å². The third-order valence-electron chi connectivity index (χ3n) is 3.30. The van der Waals surface area contributed by atoms with Crippen LogP contribution < -0.4 is 4.80 Å². The van der Waals surface area contributed by atoms with Crippen molar-refractivity contribution >= 4 is 27.5 Å². The van der Waals surface area contributed by atoms with Crippen LogP contribution in [0.5, 0.6) is 0 Å². The average molecular weight is 304 g/mol. The van der Waals surface area contributed by atoms with Crippen LogP contribution in [-0.4, -0.2) is 20.3 Å². The molecule has 2 heterocycles. The highest BCUT2D eigenvalue weighted by atomic mass is 32.1. The van der Waals surface area contributed by atoms with Gasteiger partial charge in [0.05, 0.1) is 10.2 Å². The summed E-state index contributed by atoms with van der Waals surface area (Å²) >= 11 is 1.27. The van der Waals surface area contributed by atoms with Gasteiger partial charge >= 0.3 is 0 Å². The van der Waals surface area contributed by atoms with Crippen LogP contribution >= 0.6 is 11.3 Å². The van der Waals surface area contributed by atoms with Gasteiger partial charge in [0.1, 0.15) is 5.82 Å². The number of rotatable bonds is 1.